The van der Waals surface area contributed by atoms with Gasteiger partial charge in [-0.05, 0) is 36.8 Å². The number of thioether (sulfide) groups is 1. The minimum Gasteiger partial charge on any atom is -0.496 e. The molecule has 5 heteroatoms. The van der Waals surface area contributed by atoms with Gasteiger partial charge in [0, 0.05) is 23.9 Å². The number of benzene rings is 1. The molecule has 0 amide bonds. The quantitative estimate of drug-likeness (QED) is 0.862. The number of nitrogens with zero attached hydrogens (tertiary/aromatic N) is 3. The van der Waals surface area contributed by atoms with Crippen molar-refractivity contribution in [2.75, 3.05) is 7.11 Å². The van der Waals surface area contributed by atoms with Crippen LogP contribution < -0.4 is 4.74 Å². The van der Waals surface area contributed by atoms with Crippen molar-refractivity contribution in [3.63, 3.8) is 0 Å². The van der Waals surface area contributed by atoms with Crippen LogP contribution in [0.1, 0.15) is 23.2 Å². The Bertz CT molecular complexity index is 726. The van der Waals surface area contributed by atoms with Gasteiger partial charge in [0.2, 0.25) is 0 Å². The van der Waals surface area contributed by atoms with E-state index < -0.39 is 0 Å². The molecule has 112 valence electrons. The second kappa shape index (κ2) is 6.75. The van der Waals surface area contributed by atoms with E-state index in [9.17, 15) is 0 Å². The van der Waals surface area contributed by atoms with Crippen LogP contribution in [0.15, 0.2) is 52.8 Å². The van der Waals surface area contributed by atoms with E-state index >= 15 is 0 Å². The maximum Gasteiger partial charge on any atom is 0.128 e. The van der Waals surface area contributed by atoms with Gasteiger partial charge in [-0.3, -0.25) is 4.98 Å². The number of aromatic nitrogens is 1. The molecule has 22 heavy (non-hydrogen) atoms. The molecule has 1 aliphatic heterocycles. The Balaban J connectivity index is 1.64. The van der Waals surface area contributed by atoms with Crippen molar-refractivity contribution in [3.05, 3.63) is 59.4 Å². The highest BCUT2D eigenvalue weighted by Crippen LogP contribution is 2.27. The van der Waals surface area contributed by atoms with Crippen LogP contribution in [0.5, 0.6) is 5.75 Å². The summed E-state index contributed by atoms with van der Waals surface area (Å²) in [6, 6.07) is 12.1. The smallest absolute Gasteiger partial charge is 0.128 e. The van der Waals surface area contributed by atoms with Gasteiger partial charge in [-0.15, -0.1) is 16.9 Å². The number of pyridine rings is 1. The van der Waals surface area contributed by atoms with Gasteiger partial charge in [0.05, 0.1) is 18.5 Å². The first-order valence-corrected chi connectivity index (χ1v) is 8.06. The molecule has 1 aromatic heterocycles. The maximum absolute atomic E-state index is 5.45. The lowest BCUT2D eigenvalue weighted by molar-refractivity contribution is 0.413. The van der Waals surface area contributed by atoms with Crippen molar-refractivity contribution in [2.24, 2.45) is 10.2 Å². The van der Waals surface area contributed by atoms with E-state index in [0.29, 0.717) is 0 Å². The first kappa shape index (κ1) is 14.8. The highest BCUT2D eigenvalue weighted by Gasteiger charge is 2.18. The van der Waals surface area contributed by atoms with Crippen LogP contribution in [0.4, 0.5) is 0 Å². The fraction of sp³-hybridized carbons (Fsp3) is 0.235. The molecule has 2 heterocycles. The molecule has 0 spiro atoms. The monoisotopic (exact) mass is 311 g/mol. The maximum atomic E-state index is 5.45. The van der Waals surface area contributed by atoms with E-state index in [4.69, 9.17) is 4.74 Å². The van der Waals surface area contributed by atoms with Gasteiger partial charge < -0.3 is 4.74 Å². The third-order valence-corrected chi connectivity index (χ3v) is 4.38. The first-order chi connectivity index (χ1) is 10.8. The fourth-order valence-corrected chi connectivity index (χ4v) is 3.06. The molecule has 0 saturated carbocycles. The van der Waals surface area contributed by atoms with Crippen LogP contribution in [0.3, 0.4) is 0 Å². The zero-order valence-electron chi connectivity index (χ0n) is 12.6. The first-order valence-electron chi connectivity index (χ1n) is 7.07. The number of rotatable bonds is 4. The highest BCUT2D eigenvalue weighted by atomic mass is 32.2. The molecule has 0 unspecified atom stereocenters. The summed E-state index contributed by atoms with van der Waals surface area (Å²) in [6.45, 7) is 2.05. The predicted molar refractivity (Wildman–Crippen MR) is 91.9 cm³/mol. The summed E-state index contributed by atoms with van der Waals surface area (Å²) in [5, 5.41) is 9.63. The Hall–Kier alpha value is -2.14. The summed E-state index contributed by atoms with van der Waals surface area (Å²) < 4.78 is 5.45. The van der Waals surface area contributed by atoms with Gasteiger partial charge in [0.25, 0.3) is 0 Å². The minimum absolute atomic E-state index is 0.747. The SMILES string of the molecule is COc1cc(C)ccc1C1=NN=C(SCc2ccccn2)C1. The van der Waals surface area contributed by atoms with Crippen molar-refractivity contribution in [2.45, 2.75) is 19.1 Å². The zero-order chi connectivity index (χ0) is 15.4. The van der Waals surface area contributed by atoms with Crippen LogP contribution in [0.25, 0.3) is 0 Å². The van der Waals surface area contributed by atoms with Gasteiger partial charge in [-0.1, -0.05) is 12.1 Å². The second-order valence-electron chi connectivity index (χ2n) is 5.03. The largest absolute Gasteiger partial charge is 0.496 e. The van der Waals surface area contributed by atoms with Crippen LogP contribution in [0, 0.1) is 6.92 Å². The average Bonchev–Trinajstić information content (AvgIpc) is 3.02. The van der Waals surface area contributed by atoms with E-state index in [-0.39, 0.29) is 0 Å². The van der Waals surface area contributed by atoms with Crippen molar-refractivity contribution in [1.82, 2.24) is 4.98 Å². The predicted octanol–water partition coefficient (Wildman–Crippen LogP) is 3.84. The fourth-order valence-electron chi connectivity index (χ4n) is 2.24. The van der Waals surface area contributed by atoms with E-state index in [2.05, 4.69) is 27.3 Å². The lowest BCUT2D eigenvalue weighted by atomic mass is 10.0. The highest BCUT2D eigenvalue weighted by molar-refractivity contribution is 8.13. The molecule has 1 aliphatic rings. The lowest BCUT2D eigenvalue weighted by Crippen LogP contribution is -2.04. The molecule has 0 N–H and O–H groups in total. The Morgan fingerprint density at radius 3 is 2.86 bits per heavy atom. The number of ether oxygens (including phenoxy) is 1. The molecule has 2 aromatic rings. The molecule has 0 atom stereocenters. The molecule has 1 aromatic carbocycles. The average molecular weight is 311 g/mol. The molecular weight excluding hydrogens is 294 g/mol. The van der Waals surface area contributed by atoms with Crippen LogP contribution in [0.2, 0.25) is 0 Å². The number of hydrogen-bond acceptors (Lipinski definition) is 5. The van der Waals surface area contributed by atoms with Gasteiger partial charge >= 0.3 is 0 Å². The van der Waals surface area contributed by atoms with Gasteiger partial charge in [0.1, 0.15) is 10.8 Å². The van der Waals surface area contributed by atoms with E-state index in [1.165, 1.54) is 5.56 Å². The minimum atomic E-state index is 0.747. The molecule has 0 aliphatic carbocycles. The Morgan fingerprint density at radius 2 is 2.09 bits per heavy atom. The van der Waals surface area contributed by atoms with E-state index in [1.54, 1.807) is 18.9 Å². The normalized spacial score (nSPS) is 13.7. The van der Waals surface area contributed by atoms with Crippen molar-refractivity contribution < 1.29 is 4.74 Å². The van der Waals surface area contributed by atoms with Gasteiger partial charge in [-0.25, -0.2) is 0 Å². The molecule has 0 bridgehead atoms. The third-order valence-electron chi connectivity index (χ3n) is 3.38. The van der Waals surface area contributed by atoms with E-state index in [0.717, 1.165) is 39.9 Å². The van der Waals surface area contributed by atoms with Crippen molar-refractivity contribution in [3.8, 4) is 5.75 Å². The number of aryl methyl sites for hydroxylation is 1. The van der Waals surface area contributed by atoms with Crippen LogP contribution >= 0.6 is 11.8 Å². The number of methoxy groups -OCH3 is 1. The molecule has 0 saturated heterocycles. The number of hydrogen-bond donors (Lipinski definition) is 0. The Labute approximate surface area is 134 Å². The molecule has 3 rings (SSSR count). The van der Waals surface area contributed by atoms with Crippen LogP contribution in [-0.2, 0) is 5.75 Å². The topological polar surface area (TPSA) is 46.8 Å². The summed E-state index contributed by atoms with van der Waals surface area (Å²) in [7, 11) is 1.69. The lowest BCUT2D eigenvalue weighted by Gasteiger charge is -2.09. The summed E-state index contributed by atoms with van der Waals surface area (Å²) in [5.74, 6) is 1.66. The summed E-state index contributed by atoms with van der Waals surface area (Å²) in [6.07, 6.45) is 2.56. The van der Waals surface area contributed by atoms with E-state index in [1.807, 2.05) is 37.4 Å². The standard InChI is InChI=1S/C17H17N3OS/c1-12-6-7-14(16(9-12)21-2)15-10-17(20-19-15)22-11-13-5-3-4-8-18-13/h3-9H,10-11H2,1-2H3. The second-order valence-corrected chi connectivity index (χ2v) is 6.08. The Kier molecular flexibility index (Phi) is 4.53. The third kappa shape index (κ3) is 3.36. The molecule has 4 nitrogen and oxygen atoms in total. The molecule has 0 fully saturated rings. The molecular formula is C17H17N3OS. The summed E-state index contributed by atoms with van der Waals surface area (Å²) in [5.41, 5.74) is 4.20. The van der Waals surface area contributed by atoms with Crippen molar-refractivity contribution >= 4 is 22.5 Å². The van der Waals surface area contributed by atoms with Gasteiger partial charge in [0.15, 0.2) is 0 Å². The Morgan fingerprint density at radius 1 is 1.18 bits per heavy atom. The summed E-state index contributed by atoms with van der Waals surface area (Å²) >= 11 is 1.68. The zero-order valence-corrected chi connectivity index (χ0v) is 13.4. The van der Waals surface area contributed by atoms with Gasteiger partial charge in [-0.2, -0.15) is 5.10 Å². The van der Waals surface area contributed by atoms with Crippen LogP contribution in [-0.4, -0.2) is 22.8 Å². The van der Waals surface area contributed by atoms with Crippen molar-refractivity contribution in [1.29, 1.82) is 0 Å². The summed E-state index contributed by atoms with van der Waals surface area (Å²) in [4.78, 5) is 4.32. The molecule has 0 radical (unpaired) electrons.